The van der Waals surface area contributed by atoms with Crippen LogP contribution in [0.2, 0.25) is 5.02 Å². The first-order chi connectivity index (χ1) is 8.08. The molecule has 0 amide bonds. The highest BCUT2D eigenvalue weighted by Gasteiger charge is 2.12. The second-order valence-electron chi connectivity index (χ2n) is 4.33. The molecule has 0 fully saturated rings. The fourth-order valence-corrected chi connectivity index (χ4v) is 1.72. The van der Waals surface area contributed by atoms with Crippen LogP contribution in [0.15, 0.2) is 12.1 Å². The van der Waals surface area contributed by atoms with E-state index in [1.165, 1.54) is 0 Å². The van der Waals surface area contributed by atoms with Crippen LogP contribution in [0.4, 0.5) is 0 Å². The van der Waals surface area contributed by atoms with E-state index in [4.69, 9.17) is 26.8 Å². The van der Waals surface area contributed by atoms with Crippen molar-refractivity contribution < 1.29 is 9.47 Å². The van der Waals surface area contributed by atoms with Crippen molar-refractivity contribution in [3.8, 4) is 11.5 Å². The van der Waals surface area contributed by atoms with E-state index in [-0.39, 0.29) is 0 Å². The van der Waals surface area contributed by atoms with Crippen molar-refractivity contribution in [2.24, 2.45) is 11.7 Å². The molecule has 0 aliphatic heterocycles. The monoisotopic (exact) mass is 257 g/mol. The predicted molar refractivity (Wildman–Crippen MR) is 70.8 cm³/mol. The Bertz CT molecular complexity index is 341. The van der Waals surface area contributed by atoms with Gasteiger partial charge in [0.2, 0.25) is 0 Å². The van der Waals surface area contributed by atoms with Crippen LogP contribution in [0.3, 0.4) is 0 Å². The van der Waals surface area contributed by atoms with E-state index < -0.39 is 0 Å². The van der Waals surface area contributed by atoms with Gasteiger partial charge in [-0.15, -0.1) is 0 Å². The zero-order chi connectivity index (χ0) is 12.8. The molecule has 0 radical (unpaired) electrons. The lowest BCUT2D eigenvalue weighted by atomic mass is 10.1. The number of nitrogens with two attached hydrogens (primary N) is 1. The first-order valence-electron chi connectivity index (χ1n) is 5.77. The van der Waals surface area contributed by atoms with Gasteiger partial charge in [-0.3, -0.25) is 0 Å². The molecule has 17 heavy (non-hydrogen) atoms. The predicted octanol–water partition coefficient (Wildman–Crippen LogP) is 3.23. The Balaban J connectivity index is 2.87. The third-order valence-electron chi connectivity index (χ3n) is 2.48. The number of ether oxygens (including phenoxy) is 2. The van der Waals surface area contributed by atoms with Crippen LogP contribution >= 0.6 is 11.6 Å². The number of methoxy groups -OCH3 is 1. The largest absolute Gasteiger partial charge is 0.493 e. The normalized spacial score (nSPS) is 10.7. The fraction of sp³-hybridized carbons (Fsp3) is 0.538. The second-order valence-corrected chi connectivity index (χ2v) is 4.77. The molecule has 0 aliphatic carbocycles. The lowest BCUT2D eigenvalue weighted by molar-refractivity contribution is 0.270. The summed E-state index contributed by atoms with van der Waals surface area (Å²) in [6.45, 7) is 5.36. The number of hydrogen-bond donors (Lipinski definition) is 1. The van der Waals surface area contributed by atoms with Gasteiger partial charge in [-0.25, -0.2) is 0 Å². The van der Waals surface area contributed by atoms with Gasteiger partial charge in [0, 0.05) is 23.2 Å². The molecule has 96 valence electrons. The van der Waals surface area contributed by atoms with Crippen molar-refractivity contribution >= 4 is 11.6 Å². The van der Waals surface area contributed by atoms with Crippen LogP contribution in [0, 0.1) is 5.92 Å². The Morgan fingerprint density at radius 1 is 1.35 bits per heavy atom. The standard InChI is InChI=1S/C13H20ClNO2/c1-9(2)4-5-17-13-10(8-15)6-11(14)7-12(13)16-3/h6-7,9H,4-5,8,15H2,1-3H3. The SMILES string of the molecule is COc1cc(Cl)cc(CN)c1OCCC(C)C. The van der Waals surface area contributed by atoms with Crippen LogP contribution in [-0.2, 0) is 6.54 Å². The van der Waals surface area contributed by atoms with Gasteiger partial charge in [0.1, 0.15) is 0 Å². The average molecular weight is 258 g/mol. The van der Waals surface area contributed by atoms with Crippen LogP contribution in [0.25, 0.3) is 0 Å². The highest BCUT2D eigenvalue weighted by atomic mass is 35.5. The molecule has 0 saturated heterocycles. The van der Waals surface area contributed by atoms with Gasteiger partial charge < -0.3 is 15.2 Å². The molecular weight excluding hydrogens is 238 g/mol. The maximum Gasteiger partial charge on any atom is 0.165 e. The minimum Gasteiger partial charge on any atom is -0.493 e. The molecule has 0 aliphatic rings. The van der Waals surface area contributed by atoms with Gasteiger partial charge >= 0.3 is 0 Å². The Labute approximate surface area is 108 Å². The summed E-state index contributed by atoms with van der Waals surface area (Å²) >= 11 is 5.97. The maximum absolute atomic E-state index is 5.97. The van der Waals surface area contributed by atoms with Crippen molar-refractivity contribution in [2.45, 2.75) is 26.8 Å². The van der Waals surface area contributed by atoms with E-state index in [1.54, 1.807) is 13.2 Å². The summed E-state index contributed by atoms with van der Waals surface area (Å²) in [5, 5.41) is 0.610. The molecule has 0 unspecified atom stereocenters. The third kappa shape index (κ3) is 4.10. The van der Waals surface area contributed by atoms with Crippen molar-refractivity contribution in [1.29, 1.82) is 0 Å². The number of hydrogen-bond acceptors (Lipinski definition) is 3. The van der Waals surface area contributed by atoms with E-state index in [1.807, 2.05) is 6.07 Å². The molecule has 1 rings (SSSR count). The Kier molecular flexibility index (Phi) is 5.59. The summed E-state index contributed by atoms with van der Waals surface area (Å²) in [4.78, 5) is 0. The van der Waals surface area contributed by atoms with E-state index in [0.29, 0.717) is 35.6 Å². The first-order valence-corrected chi connectivity index (χ1v) is 6.15. The number of benzene rings is 1. The average Bonchev–Trinajstić information content (AvgIpc) is 2.29. The zero-order valence-corrected chi connectivity index (χ0v) is 11.4. The van der Waals surface area contributed by atoms with Gasteiger partial charge in [-0.1, -0.05) is 25.4 Å². The van der Waals surface area contributed by atoms with Crippen LogP contribution < -0.4 is 15.2 Å². The summed E-state index contributed by atoms with van der Waals surface area (Å²) in [6.07, 6.45) is 0.996. The lowest BCUT2D eigenvalue weighted by Crippen LogP contribution is -2.07. The topological polar surface area (TPSA) is 44.5 Å². The minimum absolute atomic E-state index is 0.383. The maximum atomic E-state index is 5.97. The van der Waals surface area contributed by atoms with Gasteiger partial charge in [-0.2, -0.15) is 0 Å². The Morgan fingerprint density at radius 2 is 2.06 bits per heavy atom. The Morgan fingerprint density at radius 3 is 2.59 bits per heavy atom. The van der Waals surface area contributed by atoms with E-state index in [2.05, 4.69) is 13.8 Å². The smallest absolute Gasteiger partial charge is 0.165 e. The van der Waals surface area contributed by atoms with Gasteiger partial charge in [0.25, 0.3) is 0 Å². The molecule has 0 heterocycles. The van der Waals surface area contributed by atoms with E-state index in [0.717, 1.165) is 12.0 Å². The summed E-state index contributed by atoms with van der Waals surface area (Å²) in [6, 6.07) is 3.56. The molecule has 0 aromatic heterocycles. The molecular formula is C13H20ClNO2. The van der Waals surface area contributed by atoms with Crippen LogP contribution in [0.1, 0.15) is 25.8 Å². The van der Waals surface area contributed by atoms with Crippen molar-refractivity contribution in [3.63, 3.8) is 0 Å². The van der Waals surface area contributed by atoms with Gasteiger partial charge in [-0.05, 0) is 18.4 Å². The molecule has 0 bridgehead atoms. The van der Waals surface area contributed by atoms with Gasteiger partial charge in [0.05, 0.1) is 13.7 Å². The highest BCUT2D eigenvalue weighted by molar-refractivity contribution is 6.30. The zero-order valence-electron chi connectivity index (χ0n) is 10.6. The first kappa shape index (κ1) is 14.1. The van der Waals surface area contributed by atoms with E-state index >= 15 is 0 Å². The summed E-state index contributed by atoms with van der Waals surface area (Å²) < 4.78 is 11.0. The highest BCUT2D eigenvalue weighted by Crippen LogP contribution is 2.34. The summed E-state index contributed by atoms with van der Waals surface area (Å²) in [7, 11) is 1.60. The molecule has 0 spiro atoms. The van der Waals surface area contributed by atoms with Crippen molar-refractivity contribution in [1.82, 2.24) is 0 Å². The van der Waals surface area contributed by atoms with E-state index in [9.17, 15) is 0 Å². The Hall–Kier alpha value is -0.930. The molecule has 0 atom stereocenters. The summed E-state index contributed by atoms with van der Waals surface area (Å²) in [5.74, 6) is 1.95. The molecule has 0 saturated carbocycles. The molecule has 1 aromatic rings. The lowest BCUT2D eigenvalue weighted by Gasteiger charge is -2.15. The molecule has 1 aromatic carbocycles. The fourth-order valence-electron chi connectivity index (χ4n) is 1.49. The molecule has 3 nitrogen and oxygen atoms in total. The van der Waals surface area contributed by atoms with Crippen molar-refractivity contribution in [3.05, 3.63) is 22.7 Å². The summed E-state index contributed by atoms with van der Waals surface area (Å²) in [5.41, 5.74) is 6.55. The third-order valence-corrected chi connectivity index (χ3v) is 2.70. The number of halogens is 1. The second kappa shape index (κ2) is 6.72. The van der Waals surface area contributed by atoms with Crippen LogP contribution in [-0.4, -0.2) is 13.7 Å². The quantitative estimate of drug-likeness (QED) is 0.851. The molecule has 2 N–H and O–H groups in total. The van der Waals surface area contributed by atoms with Crippen molar-refractivity contribution in [2.75, 3.05) is 13.7 Å². The van der Waals surface area contributed by atoms with Gasteiger partial charge in [0.15, 0.2) is 11.5 Å². The minimum atomic E-state index is 0.383. The molecule has 4 heteroatoms. The number of rotatable bonds is 6. The van der Waals surface area contributed by atoms with Crippen LogP contribution in [0.5, 0.6) is 11.5 Å².